The minimum atomic E-state index is -0.783. The predicted molar refractivity (Wildman–Crippen MR) is 321 cm³/mol. The van der Waals surface area contributed by atoms with Crippen LogP contribution in [0.25, 0.3) is 0 Å². The molecule has 0 amide bonds. The SMILES string of the molecule is CCCC/C=C\C/C=C\CCCCCCCC(=O)OCC(COC(=O)CCCCCCCCCCCCCCC/C=C\C/C=C\CCCCCCC)OC(=O)CCCCCCCCC/C=C\CCCCCCCC. The number of hydrogen-bond acceptors (Lipinski definition) is 6. The summed E-state index contributed by atoms with van der Waals surface area (Å²) in [7, 11) is 0. The normalized spacial score (nSPS) is 12.4. The third-order valence-corrected chi connectivity index (χ3v) is 14.2. The molecule has 74 heavy (non-hydrogen) atoms. The molecule has 0 bridgehead atoms. The van der Waals surface area contributed by atoms with Gasteiger partial charge in [0.25, 0.3) is 0 Å². The molecule has 0 aliphatic heterocycles. The first-order chi connectivity index (χ1) is 36.5. The summed E-state index contributed by atoms with van der Waals surface area (Å²) in [5.41, 5.74) is 0. The Balaban J connectivity index is 4.29. The van der Waals surface area contributed by atoms with Gasteiger partial charge < -0.3 is 14.2 Å². The van der Waals surface area contributed by atoms with E-state index >= 15 is 0 Å². The number of carbonyl (C=O) groups is 3. The molecule has 0 rings (SSSR count). The molecule has 0 radical (unpaired) electrons. The summed E-state index contributed by atoms with van der Waals surface area (Å²) in [4.78, 5) is 38.3. The van der Waals surface area contributed by atoms with Crippen molar-refractivity contribution in [1.29, 1.82) is 0 Å². The Kier molecular flexibility index (Phi) is 60.2. The molecule has 1 atom stereocenters. The molecule has 0 saturated heterocycles. The fourth-order valence-corrected chi connectivity index (χ4v) is 9.31. The Hall–Kier alpha value is -2.89. The lowest BCUT2D eigenvalue weighted by atomic mass is 10.0. The molecule has 6 heteroatoms. The van der Waals surface area contributed by atoms with E-state index in [0.717, 1.165) is 83.5 Å². The van der Waals surface area contributed by atoms with Crippen LogP contribution in [-0.4, -0.2) is 37.2 Å². The van der Waals surface area contributed by atoms with Gasteiger partial charge in [-0.05, 0) is 103 Å². The number of allylic oxidation sites excluding steroid dienone is 10. The fourth-order valence-electron chi connectivity index (χ4n) is 9.31. The van der Waals surface area contributed by atoms with Crippen molar-refractivity contribution in [3.05, 3.63) is 60.8 Å². The lowest BCUT2D eigenvalue weighted by Gasteiger charge is -2.18. The largest absolute Gasteiger partial charge is 0.462 e. The number of carbonyl (C=O) groups excluding carboxylic acids is 3. The molecule has 0 N–H and O–H groups in total. The van der Waals surface area contributed by atoms with Crippen molar-refractivity contribution >= 4 is 17.9 Å². The zero-order chi connectivity index (χ0) is 53.6. The zero-order valence-corrected chi connectivity index (χ0v) is 49.4. The van der Waals surface area contributed by atoms with Crippen LogP contribution in [0, 0.1) is 0 Å². The van der Waals surface area contributed by atoms with Gasteiger partial charge in [0.2, 0.25) is 0 Å². The summed E-state index contributed by atoms with van der Waals surface area (Å²) in [6.07, 6.45) is 79.4. The van der Waals surface area contributed by atoms with Crippen LogP contribution in [-0.2, 0) is 28.6 Å². The third kappa shape index (κ3) is 60.0. The number of unbranched alkanes of at least 4 members (excludes halogenated alkanes) is 38. The predicted octanol–water partition coefficient (Wildman–Crippen LogP) is 21.9. The second kappa shape index (κ2) is 62.6. The second-order valence-electron chi connectivity index (χ2n) is 21.7. The number of ether oxygens (including phenoxy) is 3. The fraction of sp³-hybridized carbons (Fsp3) is 0.809. The number of rotatable bonds is 59. The van der Waals surface area contributed by atoms with Gasteiger partial charge in [0.15, 0.2) is 6.10 Å². The van der Waals surface area contributed by atoms with Crippen molar-refractivity contribution in [2.75, 3.05) is 13.2 Å². The number of esters is 3. The Bertz CT molecular complexity index is 1330. The van der Waals surface area contributed by atoms with Crippen molar-refractivity contribution in [3.8, 4) is 0 Å². The maximum absolute atomic E-state index is 12.9. The first-order valence-electron chi connectivity index (χ1n) is 32.3. The second-order valence-corrected chi connectivity index (χ2v) is 21.7. The van der Waals surface area contributed by atoms with Crippen LogP contribution in [0.2, 0.25) is 0 Å². The molecule has 0 aliphatic carbocycles. The molecule has 0 aliphatic rings. The summed E-state index contributed by atoms with van der Waals surface area (Å²) >= 11 is 0. The molecular weight excluding hydrogens is 913 g/mol. The molecule has 0 aromatic carbocycles. The lowest BCUT2D eigenvalue weighted by Crippen LogP contribution is -2.30. The van der Waals surface area contributed by atoms with Crippen molar-refractivity contribution in [3.63, 3.8) is 0 Å². The molecule has 1 unspecified atom stereocenters. The van der Waals surface area contributed by atoms with Crippen molar-refractivity contribution in [1.82, 2.24) is 0 Å². The van der Waals surface area contributed by atoms with Gasteiger partial charge in [0, 0.05) is 19.3 Å². The highest BCUT2D eigenvalue weighted by Gasteiger charge is 2.19. The van der Waals surface area contributed by atoms with Gasteiger partial charge >= 0.3 is 17.9 Å². The van der Waals surface area contributed by atoms with Gasteiger partial charge in [0.1, 0.15) is 13.2 Å². The van der Waals surface area contributed by atoms with E-state index < -0.39 is 6.10 Å². The summed E-state index contributed by atoms with van der Waals surface area (Å²) in [6.45, 7) is 6.61. The molecule has 0 fully saturated rings. The molecule has 0 spiro atoms. The maximum atomic E-state index is 12.9. The Morgan fingerprint density at radius 1 is 0.270 bits per heavy atom. The topological polar surface area (TPSA) is 78.9 Å². The molecule has 0 aromatic heterocycles. The van der Waals surface area contributed by atoms with Gasteiger partial charge in [-0.3, -0.25) is 14.4 Å². The van der Waals surface area contributed by atoms with Crippen molar-refractivity contribution in [2.45, 2.75) is 341 Å². The minimum Gasteiger partial charge on any atom is -0.462 e. The van der Waals surface area contributed by atoms with Crippen LogP contribution >= 0.6 is 0 Å². The Morgan fingerprint density at radius 2 is 0.500 bits per heavy atom. The van der Waals surface area contributed by atoms with Crippen LogP contribution in [0.1, 0.15) is 335 Å². The van der Waals surface area contributed by atoms with E-state index in [0.29, 0.717) is 19.3 Å². The zero-order valence-electron chi connectivity index (χ0n) is 49.4. The summed E-state index contributed by atoms with van der Waals surface area (Å²) in [5.74, 6) is -0.882. The van der Waals surface area contributed by atoms with Gasteiger partial charge in [-0.15, -0.1) is 0 Å². The molecule has 0 saturated carbocycles. The van der Waals surface area contributed by atoms with E-state index in [2.05, 4.69) is 81.5 Å². The van der Waals surface area contributed by atoms with Crippen molar-refractivity contribution in [2.24, 2.45) is 0 Å². The summed E-state index contributed by atoms with van der Waals surface area (Å²) in [6, 6.07) is 0. The van der Waals surface area contributed by atoms with E-state index in [4.69, 9.17) is 14.2 Å². The highest BCUT2D eigenvalue weighted by atomic mass is 16.6. The van der Waals surface area contributed by atoms with Gasteiger partial charge in [0.05, 0.1) is 0 Å². The molecule has 0 aromatic rings. The van der Waals surface area contributed by atoms with Gasteiger partial charge in [-0.25, -0.2) is 0 Å². The van der Waals surface area contributed by atoms with E-state index in [-0.39, 0.29) is 31.1 Å². The highest BCUT2D eigenvalue weighted by molar-refractivity contribution is 5.71. The first-order valence-corrected chi connectivity index (χ1v) is 32.3. The van der Waals surface area contributed by atoms with Crippen molar-refractivity contribution < 1.29 is 28.6 Å². The average molecular weight is 1040 g/mol. The van der Waals surface area contributed by atoms with E-state index in [1.54, 1.807) is 0 Å². The average Bonchev–Trinajstić information content (AvgIpc) is 3.40. The summed E-state index contributed by atoms with van der Waals surface area (Å²) in [5, 5.41) is 0. The van der Waals surface area contributed by atoms with E-state index in [1.165, 1.54) is 212 Å². The molecule has 6 nitrogen and oxygen atoms in total. The number of hydrogen-bond donors (Lipinski definition) is 0. The maximum Gasteiger partial charge on any atom is 0.306 e. The summed E-state index contributed by atoms with van der Waals surface area (Å²) < 4.78 is 16.9. The Labute approximate surface area is 460 Å². The van der Waals surface area contributed by atoms with E-state index in [9.17, 15) is 14.4 Å². The van der Waals surface area contributed by atoms with Gasteiger partial charge in [-0.1, -0.05) is 274 Å². The molecular formula is C68H122O6. The first kappa shape index (κ1) is 71.1. The molecule has 0 heterocycles. The smallest absolute Gasteiger partial charge is 0.306 e. The van der Waals surface area contributed by atoms with Crippen LogP contribution in [0.3, 0.4) is 0 Å². The van der Waals surface area contributed by atoms with E-state index in [1.807, 2.05) is 0 Å². The lowest BCUT2D eigenvalue weighted by molar-refractivity contribution is -0.167. The highest BCUT2D eigenvalue weighted by Crippen LogP contribution is 2.16. The standard InChI is InChI=1S/C68H122O6/c1-4-7-10-13-16-19-22-25-28-30-31-32-33-34-35-36-37-39-40-43-46-49-52-55-58-61-67(70)73-64-65(63-72-66(69)60-57-54-51-48-45-42-27-24-21-18-15-12-9-6-3)74-68(71)62-59-56-53-50-47-44-41-38-29-26-23-20-17-14-11-8-5-2/h15,18,22,24-27,29-31,65H,4-14,16-17,19-21,23,28,32-64H2,1-3H3/b18-15-,25-22-,27-24-,29-26-,31-30-. The Morgan fingerprint density at radius 3 is 0.797 bits per heavy atom. The van der Waals surface area contributed by atoms with Crippen LogP contribution < -0.4 is 0 Å². The quantitative estimate of drug-likeness (QED) is 0.0261. The van der Waals surface area contributed by atoms with Crippen LogP contribution in [0.15, 0.2) is 60.8 Å². The van der Waals surface area contributed by atoms with Crippen LogP contribution in [0.5, 0.6) is 0 Å². The third-order valence-electron chi connectivity index (χ3n) is 14.2. The van der Waals surface area contributed by atoms with Crippen LogP contribution in [0.4, 0.5) is 0 Å². The monoisotopic (exact) mass is 1030 g/mol. The minimum absolute atomic E-state index is 0.0789. The van der Waals surface area contributed by atoms with Gasteiger partial charge in [-0.2, -0.15) is 0 Å². The molecule has 430 valence electrons.